The molecule has 0 amide bonds. The van der Waals surface area contributed by atoms with Crippen LogP contribution in [0.25, 0.3) is 0 Å². The average molecular weight is 394 g/mol. The molecule has 1 aliphatic heterocycles. The van der Waals surface area contributed by atoms with E-state index in [0.29, 0.717) is 42.4 Å². The fraction of sp³-hybridized carbons (Fsp3) is 0.300. The molecule has 0 spiro atoms. The highest BCUT2D eigenvalue weighted by Gasteiger charge is 2.12. The van der Waals surface area contributed by atoms with Gasteiger partial charge in [-0.05, 0) is 30.3 Å². The zero-order chi connectivity index (χ0) is 20.6. The molecule has 2 aromatic rings. The molecule has 1 aromatic carbocycles. The van der Waals surface area contributed by atoms with E-state index >= 15 is 0 Å². The average Bonchev–Trinajstić information content (AvgIpc) is 2.73. The summed E-state index contributed by atoms with van der Waals surface area (Å²) in [5.74, 6) is 1.66. The fourth-order valence-corrected chi connectivity index (χ4v) is 2.99. The van der Waals surface area contributed by atoms with Crippen LogP contribution in [-0.4, -0.2) is 59.8 Å². The molecular weight excluding hydrogens is 368 g/mol. The Labute approximate surface area is 170 Å². The summed E-state index contributed by atoms with van der Waals surface area (Å²) >= 11 is 0. The molecule has 9 heteroatoms. The molecule has 0 radical (unpaired) electrons. The molecule has 29 heavy (non-hydrogen) atoms. The van der Waals surface area contributed by atoms with Gasteiger partial charge in [-0.3, -0.25) is 4.99 Å². The van der Waals surface area contributed by atoms with Gasteiger partial charge in [-0.25, -0.2) is 4.98 Å². The standard InChI is InChI=1S/C20H26N8O/c1-24-19(28-9-11-29-12-10-28)4-2-3-16(21)15-13-14(5-6-17(15)22)26-18-7-8-25-20(23)27-18/h2,4-8,13,21H,3,9-12,22H2,1H3,(H3,23,25,26,27)/b4-2-,21-16?,24-19?. The number of allylic oxidation sites excluding steroid dienone is 1. The van der Waals surface area contributed by atoms with Gasteiger partial charge >= 0.3 is 0 Å². The number of aliphatic imine (C=N–C) groups is 1. The van der Waals surface area contributed by atoms with Gasteiger partial charge in [0.15, 0.2) is 0 Å². The number of morpholine rings is 1. The van der Waals surface area contributed by atoms with Crippen molar-refractivity contribution in [2.24, 2.45) is 4.99 Å². The lowest BCUT2D eigenvalue weighted by molar-refractivity contribution is 0.0684. The molecule has 1 aromatic heterocycles. The van der Waals surface area contributed by atoms with Crippen LogP contribution in [0, 0.1) is 5.41 Å². The highest BCUT2D eigenvalue weighted by Crippen LogP contribution is 2.22. The van der Waals surface area contributed by atoms with Gasteiger partial charge in [-0.2, -0.15) is 4.98 Å². The van der Waals surface area contributed by atoms with Crippen molar-refractivity contribution in [2.45, 2.75) is 6.42 Å². The second-order valence-corrected chi connectivity index (χ2v) is 6.49. The second kappa shape index (κ2) is 9.65. The number of ether oxygens (including phenoxy) is 1. The first-order valence-electron chi connectivity index (χ1n) is 9.35. The number of nitrogen functional groups attached to an aromatic ring is 2. The predicted molar refractivity (Wildman–Crippen MR) is 117 cm³/mol. The summed E-state index contributed by atoms with van der Waals surface area (Å²) in [6.45, 7) is 3.05. The summed E-state index contributed by atoms with van der Waals surface area (Å²) in [5, 5.41) is 11.6. The summed E-state index contributed by atoms with van der Waals surface area (Å²) in [5.41, 5.74) is 14.1. The van der Waals surface area contributed by atoms with Crippen LogP contribution in [0.4, 0.5) is 23.1 Å². The van der Waals surface area contributed by atoms with Gasteiger partial charge in [0.05, 0.1) is 13.2 Å². The van der Waals surface area contributed by atoms with E-state index in [2.05, 4.69) is 25.2 Å². The summed E-state index contributed by atoms with van der Waals surface area (Å²) in [6.07, 6.45) is 5.90. The minimum atomic E-state index is 0.192. The Hall–Kier alpha value is -3.46. The first-order valence-corrected chi connectivity index (χ1v) is 9.35. The van der Waals surface area contributed by atoms with E-state index in [9.17, 15) is 0 Å². The van der Waals surface area contributed by atoms with Crippen LogP contribution in [0.3, 0.4) is 0 Å². The molecule has 152 valence electrons. The van der Waals surface area contributed by atoms with Gasteiger partial charge in [0.1, 0.15) is 11.7 Å². The number of nitrogens with two attached hydrogens (primary N) is 2. The molecule has 3 rings (SSSR count). The highest BCUT2D eigenvalue weighted by atomic mass is 16.5. The van der Waals surface area contributed by atoms with Gasteiger partial charge in [0, 0.05) is 55.4 Å². The first-order chi connectivity index (χ1) is 14.1. The number of hydrogen-bond acceptors (Lipinski definition) is 8. The van der Waals surface area contributed by atoms with E-state index in [4.69, 9.17) is 21.6 Å². The number of benzene rings is 1. The summed E-state index contributed by atoms with van der Waals surface area (Å²) in [4.78, 5) is 14.5. The van der Waals surface area contributed by atoms with Crippen LogP contribution in [0.5, 0.6) is 0 Å². The van der Waals surface area contributed by atoms with E-state index in [-0.39, 0.29) is 5.95 Å². The molecule has 1 fully saturated rings. The Morgan fingerprint density at radius 1 is 1.31 bits per heavy atom. The molecule has 1 saturated heterocycles. The van der Waals surface area contributed by atoms with Crippen molar-refractivity contribution < 1.29 is 4.74 Å². The molecule has 6 N–H and O–H groups in total. The monoisotopic (exact) mass is 394 g/mol. The Morgan fingerprint density at radius 3 is 2.83 bits per heavy atom. The van der Waals surface area contributed by atoms with E-state index in [1.807, 2.05) is 24.3 Å². The number of nitrogens with one attached hydrogen (secondary N) is 2. The highest BCUT2D eigenvalue weighted by molar-refractivity contribution is 6.04. The Kier molecular flexibility index (Phi) is 6.75. The Morgan fingerprint density at radius 2 is 2.10 bits per heavy atom. The number of aromatic nitrogens is 2. The van der Waals surface area contributed by atoms with E-state index in [1.165, 1.54) is 0 Å². The third-order valence-corrected chi connectivity index (χ3v) is 4.48. The summed E-state index contributed by atoms with van der Waals surface area (Å²) < 4.78 is 5.38. The quantitative estimate of drug-likeness (QED) is 0.334. The van der Waals surface area contributed by atoms with Gasteiger partial charge < -0.3 is 31.8 Å². The maximum Gasteiger partial charge on any atom is 0.221 e. The third-order valence-electron chi connectivity index (χ3n) is 4.48. The molecular formula is C20H26N8O. The van der Waals surface area contributed by atoms with Crippen LogP contribution >= 0.6 is 0 Å². The van der Waals surface area contributed by atoms with E-state index in [1.54, 1.807) is 25.4 Å². The molecule has 0 aliphatic carbocycles. The van der Waals surface area contributed by atoms with Crippen molar-refractivity contribution in [3.8, 4) is 0 Å². The maximum atomic E-state index is 8.45. The smallest absolute Gasteiger partial charge is 0.221 e. The van der Waals surface area contributed by atoms with Crippen LogP contribution in [0.15, 0.2) is 47.6 Å². The predicted octanol–water partition coefficient (Wildman–Crippen LogP) is 2.06. The number of nitrogens with zero attached hydrogens (tertiary/aromatic N) is 4. The van der Waals surface area contributed by atoms with Crippen LogP contribution in [0.1, 0.15) is 12.0 Å². The van der Waals surface area contributed by atoms with Crippen molar-refractivity contribution in [3.63, 3.8) is 0 Å². The Bertz CT molecular complexity index is 918. The number of rotatable bonds is 6. The van der Waals surface area contributed by atoms with Gasteiger partial charge in [-0.15, -0.1) is 0 Å². The van der Waals surface area contributed by atoms with Crippen LogP contribution in [-0.2, 0) is 4.74 Å². The molecule has 0 saturated carbocycles. The number of hydrogen-bond donors (Lipinski definition) is 4. The Balaban J connectivity index is 1.66. The minimum absolute atomic E-state index is 0.192. The van der Waals surface area contributed by atoms with Crippen molar-refractivity contribution in [2.75, 3.05) is 50.1 Å². The zero-order valence-electron chi connectivity index (χ0n) is 16.4. The molecule has 0 atom stereocenters. The second-order valence-electron chi connectivity index (χ2n) is 6.49. The summed E-state index contributed by atoms with van der Waals surface area (Å²) in [6, 6.07) is 7.16. The van der Waals surface area contributed by atoms with Gasteiger partial charge in [-0.1, -0.05) is 6.08 Å². The first kappa shape index (κ1) is 20.3. The van der Waals surface area contributed by atoms with Crippen molar-refractivity contribution in [1.29, 1.82) is 5.41 Å². The maximum absolute atomic E-state index is 8.45. The summed E-state index contributed by atoms with van der Waals surface area (Å²) in [7, 11) is 1.77. The lowest BCUT2D eigenvalue weighted by Crippen LogP contribution is -2.39. The van der Waals surface area contributed by atoms with Crippen LogP contribution in [0.2, 0.25) is 0 Å². The van der Waals surface area contributed by atoms with Gasteiger partial charge in [0.2, 0.25) is 5.95 Å². The largest absolute Gasteiger partial charge is 0.398 e. The number of anilines is 4. The number of amidine groups is 1. The lowest BCUT2D eigenvalue weighted by Gasteiger charge is -2.28. The van der Waals surface area contributed by atoms with Crippen molar-refractivity contribution in [3.05, 3.63) is 48.2 Å². The molecule has 2 heterocycles. The molecule has 0 unspecified atom stereocenters. The molecule has 1 aliphatic rings. The van der Waals surface area contributed by atoms with Crippen LogP contribution < -0.4 is 16.8 Å². The fourth-order valence-electron chi connectivity index (χ4n) is 2.99. The molecule has 9 nitrogen and oxygen atoms in total. The minimum Gasteiger partial charge on any atom is -0.398 e. The van der Waals surface area contributed by atoms with E-state index in [0.717, 1.165) is 24.6 Å². The topological polar surface area (TPSA) is 139 Å². The van der Waals surface area contributed by atoms with Crippen molar-refractivity contribution >= 4 is 34.7 Å². The molecule has 0 bridgehead atoms. The lowest BCUT2D eigenvalue weighted by atomic mass is 10.0. The van der Waals surface area contributed by atoms with Gasteiger partial charge in [0.25, 0.3) is 0 Å². The third kappa shape index (κ3) is 5.52. The normalized spacial score (nSPS) is 14.9. The van der Waals surface area contributed by atoms with E-state index < -0.39 is 0 Å². The SMILES string of the molecule is CN=C(/C=C\CC(=N)c1cc(Nc2ccnc(N)n2)ccc1N)N1CCOCC1. The zero-order valence-corrected chi connectivity index (χ0v) is 16.4. The van der Waals surface area contributed by atoms with Crippen molar-refractivity contribution in [1.82, 2.24) is 14.9 Å².